The van der Waals surface area contributed by atoms with Crippen molar-refractivity contribution in [1.82, 2.24) is 0 Å². The van der Waals surface area contributed by atoms with E-state index in [0.717, 1.165) is 32.1 Å². The molecule has 0 radical (unpaired) electrons. The quantitative estimate of drug-likeness (QED) is 0.263. The Kier molecular flexibility index (Phi) is 10.7. The second-order valence-corrected chi connectivity index (χ2v) is 8.89. The van der Waals surface area contributed by atoms with Crippen molar-refractivity contribution in [3.8, 4) is 11.5 Å². The Balaban J connectivity index is 2.49. The molecule has 0 bridgehead atoms. The molecule has 1 aromatic rings. The number of hydrogen-bond acceptors (Lipinski definition) is 3. The molecule has 0 aromatic heterocycles. The average Bonchev–Trinajstić information content (AvgIpc) is 2.63. The van der Waals surface area contributed by atoms with E-state index in [0.29, 0.717) is 17.5 Å². The van der Waals surface area contributed by atoms with E-state index < -0.39 is 5.60 Å². The zero-order valence-electron chi connectivity index (χ0n) is 19.6. The molecule has 0 aliphatic heterocycles. The third kappa shape index (κ3) is 10.5. The molecule has 0 fully saturated rings. The van der Waals surface area contributed by atoms with Gasteiger partial charge >= 0.3 is 0 Å². The molecule has 3 nitrogen and oxygen atoms in total. The largest absolute Gasteiger partial charge is 0.508 e. The van der Waals surface area contributed by atoms with Crippen LogP contribution < -0.4 is 0 Å². The van der Waals surface area contributed by atoms with Gasteiger partial charge in [0, 0.05) is 5.56 Å². The average molecular weight is 413 g/mol. The van der Waals surface area contributed by atoms with Gasteiger partial charge in [-0.1, -0.05) is 47.1 Å². The highest BCUT2D eigenvalue weighted by Gasteiger charge is 2.15. The van der Waals surface area contributed by atoms with Gasteiger partial charge in [-0.05, 0) is 97.8 Å². The highest BCUT2D eigenvalue weighted by Crippen LogP contribution is 2.28. The van der Waals surface area contributed by atoms with E-state index in [1.807, 2.05) is 0 Å². The first-order chi connectivity index (χ1) is 14.0. The lowest BCUT2D eigenvalue weighted by Crippen LogP contribution is -2.19. The maximum absolute atomic E-state index is 10.6. The normalized spacial score (nSPS) is 14.8. The van der Waals surface area contributed by atoms with Crippen LogP contribution >= 0.6 is 0 Å². The molecule has 166 valence electrons. The molecule has 0 aliphatic carbocycles. The number of aliphatic hydroxyl groups is 1. The summed E-state index contributed by atoms with van der Waals surface area (Å²) in [5.74, 6) is 0.226. The van der Waals surface area contributed by atoms with Gasteiger partial charge in [-0.25, -0.2) is 0 Å². The fraction of sp³-hybridized carbons (Fsp3) is 0.481. The minimum atomic E-state index is -0.981. The molecule has 3 heteroatoms. The summed E-state index contributed by atoms with van der Waals surface area (Å²) >= 11 is 0. The van der Waals surface area contributed by atoms with Crippen LogP contribution in [-0.4, -0.2) is 20.9 Å². The molecule has 1 rings (SSSR count). The van der Waals surface area contributed by atoms with Crippen LogP contribution in [0.25, 0.3) is 6.08 Å². The number of rotatable bonds is 11. The minimum Gasteiger partial charge on any atom is -0.508 e. The summed E-state index contributed by atoms with van der Waals surface area (Å²) in [6, 6.07) is 3.03. The van der Waals surface area contributed by atoms with Crippen LogP contribution in [0.5, 0.6) is 11.5 Å². The number of allylic oxidation sites excluding steroid dienone is 6. The topological polar surface area (TPSA) is 60.7 Å². The van der Waals surface area contributed by atoms with Crippen molar-refractivity contribution in [3.63, 3.8) is 0 Å². The third-order valence-corrected chi connectivity index (χ3v) is 5.23. The van der Waals surface area contributed by atoms with Crippen LogP contribution in [0.2, 0.25) is 0 Å². The van der Waals surface area contributed by atoms with E-state index in [1.54, 1.807) is 26.0 Å². The van der Waals surface area contributed by atoms with Crippen molar-refractivity contribution < 1.29 is 15.3 Å². The standard InChI is InChI=1S/C27H40O3/c1-20(2)10-7-11-21(3)12-8-13-22(4)14-9-16-27(6,30)17-15-24-19-25(28)23(5)18-26(24)29/h10,12,14-15,17-19,28-30H,7-9,11,13,16H2,1-6H3/b17-15?,21-12+,22-14?/t27-/m0/s1. The summed E-state index contributed by atoms with van der Waals surface area (Å²) in [5.41, 5.74) is 4.29. The summed E-state index contributed by atoms with van der Waals surface area (Å²) in [5, 5.41) is 30.4. The van der Waals surface area contributed by atoms with Crippen LogP contribution in [0, 0.1) is 6.92 Å². The van der Waals surface area contributed by atoms with Crippen LogP contribution in [0.4, 0.5) is 0 Å². The molecule has 0 heterocycles. The van der Waals surface area contributed by atoms with Crippen molar-refractivity contribution in [1.29, 1.82) is 0 Å². The van der Waals surface area contributed by atoms with Crippen molar-refractivity contribution >= 4 is 6.08 Å². The monoisotopic (exact) mass is 412 g/mol. The van der Waals surface area contributed by atoms with Gasteiger partial charge in [0.05, 0.1) is 5.60 Å². The molecular weight excluding hydrogens is 372 g/mol. The summed E-state index contributed by atoms with van der Waals surface area (Å²) < 4.78 is 0. The van der Waals surface area contributed by atoms with Crippen molar-refractivity contribution in [2.75, 3.05) is 0 Å². The molecule has 1 atom stereocenters. The molecule has 0 spiro atoms. The zero-order valence-corrected chi connectivity index (χ0v) is 19.6. The Morgan fingerprint density at radius 3 is 2.03 bits per heavy atom. The first kappa shape index (κ1) is 25.8. The van der Waals surface area contributed by atoms with E-state index in [4.69, 9.17) is 0 Å². The van der Waals surface area contributed by atoms with Gasteiger partial charge in [-0.3, -0.25) is 0 Å². The van der Waals surface area contributed by atoms with Gasteiger partial charge in [-0.2, -0.15) is 0 Å². The van der Waals surface area contributed by atoms with E-state index in [1.165, 1.54) is 28.9 Å². The molecule has 0 saturated heterocycles. The summed E-state index contributed by atoms with van der Waals surface area (Å²) in [6.45, 7) is 12.1. The minimum absolute atomic E-state index is 0.0947. The summed E-state index contributed by atoms with van der Waals surface area (Å²) in [4.78, 5) is 0. The van der Waals surface area contributed by atoms with Crippen molar-refractivity contribution in [3.05, 3.63) is 64.3 Å². The number of aryl methyl sites for hydroxylation is 1. The molecule has 0 amide bonds. The van der Waals surface area contributed by atoms with Crippen molar-refractivity contribution in [2.24, 2.45) is 0 Å². The molecule has 0 saturated carbocycles. The Morgan fingerprint density at radius 1 is 0.867 bits per heavy atom. The smallest absolute Gasteiger partial charge is 0.123 e. The first-order valence-corrected chi connectivity index (χ1v) is 10.9. The lowest BCUT2D eigenvalue weighted by atomic mass is 9.96. The maximum Gasteiger partial charge on any atom is 0.123 e. The molecule has 0 unspecified atom stereocenters. The Hall–Kier alpha value is -2.26. The number of phenols is 2. The summed E-state index contributed by atoms with van der Waals surface area (Å²) in [6.07, 6.45) is 15.9. The van der Waals surface area contributed by atoms with Crippen LogP contribution in [0.1, 0.15) is 84.3 Å². The third-order valence-electron chi connectivity index (χ3n) is 5.23. The van der Waals surface area contributed by atoms with Crippen LogP contribution in [0.15, 0.2) is 53.2 Å². The van der Waals surface area contributed by atoms with Crippen molar-refractivity contribution in [2.45, 2.75) is 85.7 Å². The molecule has 3 N–H and O–H groups in total. The molecule has 0 aliphatic rings. The number of hydrogen-bond donors (Lipinski definition) is 3. The van der Waals surface area contributed by atoms with Gasteiger partial charge in [-0.15, -0.1) is 0 Å². The van der Waals surface area contributed by atoms with Crippen LogP contribution in [-0.2, 0) is 0 Å². The predicted octanol–water partition coefficient (Wildman–Crippen LogP) is 7.37. The first-order valence-electron chi connectivity index (χ1n) is 10.9. The van der Waals surface area contributed by atoms with E-state index in [-0.39, 0.29) is 11.5 Å². The SMILES string of the molecule is CC(C)=CCC/C(C)=C/CCC(C)=CCC[C@](C)(O)C=Cc1cc(O)c(C)cc1O. The molecular formula is C27H40O3. The fourth-order valence-electron chi connectivity index (χ4n) is 3.13. The van der Waals surface area contributed by atoms with Gasteiger partial charge in [0.25, 0.3) is 0 Å². The van der Waals surface area contributed by atoms with E-state index in [2.05, 4.69) is 45.9 Å². The fourth-order valence-corrected chi connectivity index (χ4v) is 3.13. The predicted molar refractivity (Wildman–Crippen MR) is 129 cm³/mol. The van der Waals surface area contributed by atoms with Gasteiger partial charge in [0.2, 0.25) is 0 Å². The number of benzene rings is 1. The van der Waals surface area contributed by atoms with Gasteiger partial charge in [0.15, 0.2) is 0 Å². The Bertz CT molecular complexity index is 804. The maximum atomic E-state index is 10.6. The number of phenolic OH excluding ortho intramolecular Hbond substituents is 2. The van der Waals surface area contributed by atoms with Gasteiger partial charge < -0.3 is 15.3 Å². The van der Waals surface area contributed by atoms with E-state index >= 15 is 0 Å². The van der Waals surface area contributed by atoms with Gasteiger partial charge in [0.1, 0.15) is 11.5 Å². The number of aromatic hydroxyl groups is 2. The highest BCUT2D eigenvalue weighted by atomic mass is 16.3. The summed E-state index contributed by atoms with van der Waals surface area (Å²) in [7, 11) is 0. The lowest BCUT2D eigenvalue weighted by molar-refractivity contribution is 0.104. The second-order valence-electron chi connectivity index (χ2n) is 8.89. The van der Waals surface area contributed by atoms with E-state index in [9.17, 15) is 15.3 Å². The zero-order chi connectivity index (χ0) is 22.7. The molecule has 30 heavy (non-hydrogen) atoms. The Labute approximate surface area is 183 Å². The Morgan fingerprint density at radius 2 is 1.43 bits per heavy atom. The van der Waals surface area contributed by atoms with Crippen LogP contribution in [0.3, 0.4) is 0 Å². The molecule has 1 aromatic carbocycles. The second kappa shape index (κ2) is 12.4. The lowest BCUT2D eigenvalue weighted by Gasteiger charge is -2.18. The highest BCUT2D eigenvalue weighted by molar-refractivity contribution is 5.61.